The first-order chi connectivity index (χ1) is 13.4. The van der Waals surface area contributed by atoms with Crippen LogP contribution in [0.1, 0.15) is 106 Å². The minimum Gasteiger partial charge on any atom is -0.393 e. The Morgan fingerprint density at radius 3 is 2.38 bits per heavy atom. The summed E-state index contributed by atoms with van der Waals surface area (Å²) in [6.07, 6.45) is 14.3. The normalized spacial score (nSPS) is 45.2. The monoisotopic (exact) mass is 402 g/mol. The summed E-state index contributed by atoms with van der Waals surface area (Å²) in [5.41, 5.74) is 2.13. The molecule has 0 bridgehead atoms. The van der Waals surface area contributed by atoms with Gasteiger partial charge in [0.25, 0.3) is 0 Å². The van der Waals surface area contributed by atoms with Crippen molar-refractivity contribution in [2.75, 3.05) is 0 Å². The van der Waals surface area contributed by atoms with Gasteiger partial charge in [-0.1, -0.05) is 39.3 Å². The molecule has 166 valence electrons. The fourth-order valence-corrected chi connectivity index (χ4v) is 8.73. The SMILES string of the molecule is CC(C)(O)CCC(C)(C)[C@H]1CCC2C3CC=C4C[C@@H](O)CC[C@]4(C)C3CC[C@@]21C. The van der Waals surface area contributed by atoms with Crippen LogP contribution in [0.3, 0.4) is 0 Å². The van der Waals surface area contributed by atoms with E-state index in [9.17, 15) is 10.2 Å². The first kappa shape index (κ1) is 21.9. The molecule has 3 saturated carbocycles. The lowest BCUT2D eigenvalue weighted by molar-refractivity contribution is -0.0721. The highest BCUT2D eigenvalue weighted by Gasteiger charge is 2.60. The van der Waals surface area contributed by atoms with Gasteiger partial charge in [0.05, 0.1) is 11.7 Å². The van der Waals surface area contributed by atoms with Crippen LogP contribution in [0.4, 0.5) is 0 Å². The van der Waals surface area contributed by atoms with E-state index in [1.54, 1.807) is 5.57 Å². The first-order valence-corrected chi connectivity index (χ1v) is 12.5. The Balaban J connectivity index is 1.56. The predicted octanol–water partition coefficient (Wildman–Crippen LogP) is 6.50. The van der Waals surface area contributed by atoms with Crippen LogP contribution in [-0.2, 0) is 0 Å². The Labute approximate surface area is 179 Å². The zero-order valence-corrected chi connectivity index (χ0v) is 19.9. The highest BCUT2D eigenvalue weighted by Crippen LogP contribution is 2.68. The Hall–Kier alpha value is -0.340. The van der Waals surface area contributed by atoms with E-state index in [-0.39, 0.29) is 6.10 Å². The fraction of sp³-hybridized carbons (Fsp3) is 0.926. The number of hydrogen-bond donors (Lipinski definition) is 2. The number of fused-ring (bicyclic) bond motifs is 5. The van der Waals surface area contributed by atoms with Crippen molar-refractivity contribution >= 4 is 0 Å². The number of rotatable bonds is 4. The lowest BCUT2D eigenvalue weighted by Crippen LogP contribution is -2.51. The lowest BCUT2D eigenvalue weighted by Gasteiger charge is -2.59. The summed E-state index contributed by atoms with van der Waals surface area (Å²) in [5.74, 6) is 3.29. The van der Waals surface area contributed by atoms with Crippen LogP contribution in [0.2, 0.25) is 0 Å². The topological polar surface area (TPSA) is 40.5 Å². The molecule has 2 nitrogen and oxygen atoms in total. The maximum Gasteiger partial charge on any atom is 0.0592 e. The van der Waals surface area contributed by atoms with E-state index in [1.807, 2.05) is 13.8 Å². The van der Waals surface area contributed by atoms with Crippen molar-refractivity contribution in [3.63, 3.8) is 0 Å². The summed E-state index contributed by atoms with van der Waals surface area (Å²) in [6.45, 7) is 14.0. The predicted molar refractivity (Wildman–Crippen MR) is 121 cm³/mol. The first-order valence-electron chi connectivity index (χ1n) is 12.5. The van der Waals surface area contributed by atoms with Gasteiger partial charge >= 0.3 is 0 Å². The molecule has 0 aromatic rings. The van der Waals surface area contributed by atoms with E-state index in [2.05, 4.69) is 33.8 Å². The van der Waals surface area contributed by atoms with Gasteiger partial charge in [-0.3, -0.25) is 0 Å². The maximum atomic E-state index is 10.3. The van der Waals surface area contributed by atoms with Crippen LogP contribution >= 0.6 is 0 Å². The third-order valence-electron chi connectivity index (χ3n) is 10.4. The summed E-state index contributed by atoms with van der Waals surface area (Å²) in [6, 6.07) is 0. The van der Waals surface area contributed by atoms with Gasteiger partial charge in [0.2, 0.25) is 0 Å². The fourth-order valence-electron chi connectivity index (χ4n) is 8.73. The Bertz CT molecular complexity index is 656. The Morgan fingerprint density at radius 1 is 0.966 bits per heavy atom. The molecule has 0 radical (unpaired) electrons. The quantitative estimate of drug-likeness (QED) is 0.527. The van der Waals surface area contributed by atoms with E-state index in [1.165, 1.54) is 38.5 Å². The molecule has 0 aromatic carbocycles. The van der Waals surface area contributed by atoms with Crippen LogP contribution in [0.25, 0.3) is 0 Å². The third kappa shape index (κ3) is 3.65. The van der Waals surface area contributed by atoms with E-state index in [0.717, 1.165) is 49.4 Å². The second-order valence-corrected chi connectivity index (χ2v) is 13.1. The number of aliphatic hydroxyl groups excluding tert-OH is 1. The molecule has 4 aliphatic carbocycles. The maximum absolute atomic E-state index is 10.3. The zero-order valence-electron chi connectivity index (χ0n) is 19.9. The molecule has 7 atom stereocenters. The molecule has 0 spiro atoms. The van der Waals surface area contributed by atoms with Crippen LogP contribution in [0.15, 0.2) is 11.6 Å². The van der Waals surface area contributed by atoms with Crippen molar-refractivity contribution < 1.29 is 10.2 Å². The molecule has 29 heavy (non-hydrogen) atoms. The van der Waals surface area contributed by atoms with E-state index < -0.39 is 5.60 Å². The summed E-state index contributed by atoms with van der Waals surface area (Å²) in [7, 11) is 0. The average Bonchev–Trinajstić information content (AvgIpc) is 2.98. The van der Waals surface area contributed by atoms with Gasteiger partial charge in [-0.15, -0.1) is 0 Å². The van der Waals surface area contributed by atoms with Gasteiger partial charge in [0.1, 0.15) is 0 Å². The smallest absolute Gasteiger partial charge is 0.0592 e. The number of aliphatic hydroxyl groups is 2. The molecule has 0 heterocycles. The highest BCUT2D eigenvalue weighted by atomic mass is 16.3. The van der Waals surface area contributed by atoms with Crippen molar-refractivity contribution in [1.82, 2.24) is 0 Å². The van der Waals surface area contributed by atoms with Gasteiger partial charge in [0.15, 0.2) is 0 Å². The van der Waals surface area contributed by atoms with Crippen molar-refractivity contribution in [3.8, 4) is 0 Å². The summed E-state index contributed by atoms with van der Waals surface area (Å²) < 4.78 is 0. The summed E-state index contributed by atoms with van der Waals surface area (Å²) in [5, 5.41) is 20.5. The van der Waals surface area contributed by atoms with E-state index >= 15 is 0 Å². The van der Waals surface area contributed by atoms with Crippen LogP contribution < -0.4 is 0 Å². The van der Waals surface area contributed by atoms with Crippen molar-refractivity contribution in [2.45, 2.75) is 117 Å². The van der Waals surface area contributed by atoms with Gasteiger partial charge in [0, 0.05) is 0 Å². The van der Waals surface area contributed by atoms with Crippen molar-refractivity contribution in [3.05, 3.63) is 11.6 Å². The molecular formula is C27H46O2. The molecular weight excluding hydrogens is 356 g/mol. The van der Waals surface area contributed by atoms with Crippen LogP contribution in [0, 0.1) is 39.9 Å². The van der Waals surface area contributed by atoms with Gasteiger partial charge < -0.3 is 10.2 Å². The molecule has 2 N–H and O–H groups in total. The molecule has 2 heteroatoms. The zero-order chi connectivity index (χ0) is 21.2. The van der Waals surface area contributed by atoms with E-state index in [4.69, 9.17) is 0 Å². The van der Waals surface area contributed by atoms with Crippen molar-refractivity contribution in [1.29, 1.82) is 0 Å². The second-order valence-electron chi connectivity index (χ2n) is 13.1. The molecule has 0 aliphatic heterocycles. The minimum atomic E-state index is -0.557. The Kier molecular flexibility index (Phi) is 5.35. The summed E-state index contributed by atoms with van der Waals surface area (Å²) in [4.78, 5) is 0. The molecule has 0 aromatic heterocycles. The molecule has 0 saturated heterocycles. The third-order valence-corrected chi connectivity index (χ3v) is 10.4. The Morgan fingerprint density at radius 2 is 1.69 bits per heavy atom. The van der Waals surface area contributed by atoms with Crippen LogP contribution in [0.5, 0.6) is 0 Å². The molecule has 4 aliphatic rings. The summed E-state index contributed by atoms with van der Waals surface area (Å²) >= 11 is 0. The molecule has 3 unspecified atom stereocenters. The number of allylic oxidation sites excluding steroid dienone is 1. The lowest BCUT2D eigenvalue weighted by atomic mass is 9.46. The largest absolute Gasteiger partial charge is 0.393 e. The van der Waals surface area contributed by atoms with Gasteiger partial charge in [-0.25, -0.2) is 0 Å². The number of hydrogen-bond acceptors (Lipinski definition) is 2. The van der Waals surface area contributed by atoms with Gasteiger partial charge in [-0.05, 0) is 118 Å². The van der Waals surface area contributed by atoms with Crippen molar-refractivity contribution in [2.24, 2.45) is 39.9 Å². The highest BCUT2D eigenvalue weighted by molar-refractivity contribution is 5.25. The van der Waals surface area contributed by atoms with Crippen LogP contribution in [-0.4, -0.2) is 21.9 Å². The molecule has 3 fully saturated rings. The van der Waals surface area contributed by atoms with E-state index in [0.29, 0.717) is 16.2 Å². The standard InChI is InChI=1S/C27H46O2/c1-24(2,15-16-25(3,4)29)23-10-9-21-20-8-7-18-17-19(28)11-13-26(18,5)22(20)12-14-27(21,23)6/h7,19-23,28-29H,8-17H2,1-6H3/t19-,20?,21?,22?,23+,26-,27-/m0/s1. The minimum absolute atomic E-state index is 0.104. The molecule has 4 rings (SSSR count). The molecule has 0 amide bonds. The second kappa shape index (κ2) is 7.09. The average molecular weight is 403 g/mol. The van der Waals surface area contributed by atoms with Gasteiger partial charge in [-0.2, -0.15) is 0 Å².